The number of hydrogen-bond donors (Lipinski definition) is 1. The first kappa shape index (κ1) is 15.5. The van der Waals surface area contributed by atoms with E-state index in [1.807, 2.05) is 32.1 Å². The largest absolute Gasteiger partial charge is 0.385 e. The van der Waals surface area contributed by atoms with Gasteiger partial charge in [-0.2, -0.15) is 0 Å². The Balaban J connectivity index is 0.000000153. The lowest BCUT2D eigenvalue weighted by atomic mass is 9.90. The van der Waals surface area contributed by atoms with E-state index in [-0.39, 0.29) is 0 Å². The molecule has 3 rings (SSSR count). The molecule has 1 heteroatoms. The average molecular weight is 256 g/mol. The van der Waals surface area contributed by atoms with Crippen LogP contribution in [0, 0.1) is 0 Å². The molecule has 1 nitrogen and oxygen atoms in total. The Kier molecular flexibility index (Phi) is 6.91. The molecule has 102 valence electrons. The van der Waals surface area contributed by atoms with E-state index in [0.717, 1.165) is 24.8 Å². The minimum absolute atomic E-state index is 0.589. The van der Waals surface area contributed by atoms with Crippen LogP contribution in [-0.2, 0) is 0 Å². The third-order valence-electron chi connectivity index (χ3n) is 3.16. The van der Waals surface area contributed by atoms with Crippen molar-refractivity contribution in [1.82, 2.24) is 0 Å². The first-order chi connectivity index (χ1) is 9.13. The third-order valence-corrected chi connectivity index (χ3v) is 3.16. The minimum Gasteiger partial charge on any atom is -0.385 e. The normalized spacial score (nSPS) is 25.5. The van der Waals surface area contributed by atoms with Gasteiger partial charge in [-0.1, -0.05) is 66.8 Å². The summed E-state index contributed by atoms with van der Waals surface area (Å²) in [5, 5.41) is 9.52. The summed E-state index contributed by atoms with van der Waals surface area (Å²) in [5.74, 6) is 0. The van der Waals surface area contributed by atoms with Crippen LogP contribution in [0.2, 0.25) is 0 Å². The van der Waals surface area contributed by atoms with E-state index >= 15 is 0 Å². The zero-order valence-electron chi connectivity index (χ0n) is 11.9. The van der Waals surface area contributed by atoms with Crippen molar-refractivity contribution in [3.05, 3.63) is 72.4 Å². The Bertz CT molecular complexity index is 387. The van der Waals surface area contributed by atoms with Crippen LogP contribution in [0.15, 0.2) is 72.4 Å². The fourth-order valence-corrected chi connectivity index (χ4v) is 1.64. The molecule has 0 aliphatic heterocycles. The Morgan fingerprint density at radius 1 is 0.842 bits per heavy atom. The van der Waals surface area contributed by atoms with Crippen LogP contribution in [0.4, 0.5) is 0 Å². The highest BCUT2D eigenvalue weighted by Crippen LogP contribution is 2.23. The predicted molar refractivity (Wildman–Crippen MR) is 83.9 cm³/mol. The van der Waals surface area contributed by atoms with Gasteiger partial charge < -0.3 is 5.11 Å². The first-order valence-corrected chi connectivity index (χ1v) is 6.82. The van der Waals surface area contributed by atoms with Crippen LogP contribution in [-0.4, -0.2) is 10.7 Å². The van der Waals surface area contributed by atoms with Gasteiger partial charge in [0.05, 0.1) is 5.60 Å². The molecule has 1 N–H and O–H groups in total. The molecule has 0 radical (unpaired) electrons. The summed E-state index contributed by atoms with van der Waals surface area (Å²) in [5.41, 5.74) is 0.458. The summed E-state index contributed by atoms with van der Waals surface area (Å²) in [7, 11) is 0. The van der Waals surface area contributed by atoms with E-state index in [4.69, 9.17) is 0 Å². The second-order valence-corrected chi connectivity index (χ2v) is 4.94. The zero-order valence-corrected chi connectivity index (χ0v) is 11.9. The maximum Gasteiger partial charge on any atom is 0.0863 e. The van der Waals surface area contributed by atoms with Gasteiger partial charge in [0.25, 0.3) is 0 Å². The predicted octanol–water partition coefficient (Wildman–Crippen LogP) is 4.65. The molecule has 0 bridgehead atoms. The molecular formula is C18H24O. The van der Waals surface area contributed by atoms with Gasteiger partial charge in [0.1, 0.15) is 0 Å². The molecule has 3 aliphatic rings. The summed E-state index contributed by atoms with van der Waals surface area (Å²) in [6.07, 6.45) is 25.7. The van der Waals surface area contributed by atoms with Crippen molar-refractivity contribution in [2.45, 2.75) is 38.7 Å². The van der Waals surface area contributed by atoms with E-state index in [1.165, 1.54) is 0 Å². The lowest BCUT2D eigenvalue weighted by Gasteiger charge is -2.24. The molecule has 3 aliphatic carbocycles. The topological polar surface area (TPSA) is 20.2 Å². The van der Waals surface area contributed by atoms with Crippen LogP contribution < -0.4 is 0 Å². The summed E-state index contributed by atoms with van der Waals surface area (Å²) >= 11 is 0. The number of allylic oxidation sites excluding steroid dienone is 10. The van der Waals surface area contributed by atoms with Crippen molar-refractivity contribution in [3.8, 4) is 0 Å². The molecule has 1 unspecified atom stereocenters. The highest BCUT2D eigenvalue weighted by atomic mass is 16.3. The van der Waals surface area contributed by atoms with Crippen LogP contribution in [0.3, 0.4) is 0 Å². The third kappa shape index (κ3) is 6.78. The molecule has 19 heavy (non-hydrogen) atoms. The van der Waals surface area contributed by atoms with Gasteiger partial charge >= 0.3 is 0 Å². The molecular weight excluding hydrogens is 232 g/mol. The second-order valence-electron chi connectivity index (χ2n) is 4.94. The summed E-state index contributed by atoms with van der Waals surface area (Å²) in [4.78, 5) is 0. The Morgan fingerprint density at radius 2 is 1.32 bits per heavy atom. The first-order valence-electron chi connectivity index (χ1n) is 6.82. The van der Waals surface area contributed by atoms with Gasteiger partial charge in [0.2, 0.25) is 0 Å². The van der Waals surface area contributed by atoms with E-state index in [2.05, 4.69) is 48.6 Å². The molecule has 1 atom stereocenters. The highest BCUT2D eigenvalue weighted by Gasteiger charge is 2.21. The fourth-order valence-electron chi connectivity index (χ4n) is 1.64. The molecule has 0 aromatic heterocycles. The minimum atomic E-state index is -0.589. The van der Waals surface area contributed by atoms with Crippen LogP contribution in [0.1, 0.15) is 33.1 Å². The van der Waals surface area contributed by atoms with Gasteiger partial charge in [-0.15, -0.1) is 0 Å². The molecule has 0 aromatic rings. The lowest BCUT2D eigenvalue weighted by Crippen LogP contribution is -2.25. The van der Waals surface area contributed by atoms with Crippen molar-refractivity contribution in [2.75, 3.05) is 0 Å². The standard InChI is InChI=1S/C8H12O.2C5H6/c1-7-5-3-4-6-8(7,2)9;2*1-2-4-5-3-1/h3-5,9H,6H2,1-2H3;2*1-4H,5H2. The van der Waals surface area contributed by atoms with Gasteiger partial charge in [-0.25, -0.2) is 0 Å². The monoisotopic (exact) mass is 256 g/mol. The quantitative estimate of drug-likeness (QED) is 0.669. The summed E-state index contributed by atoms with van der Waals surface area (Å²) in [6.45, 7) is 3.78. The van der Waals surface area contributed by atoms with Crippen molar-refractivity contribution in [1.29, 1.82) is 0 Å². The zero-order chi connectivity index (χ0) is 14.0. The average Bonchev–Trinajstić information content (AvgIpc) is 3.10. The lowest BCUT2D eigenvalue weighted by molar-refractivity contribution is 0.101. The maximum atomic E-state index is 9.52. The maximum absolute atomic E-state index is 9.52. The van der Waals surface area contributed by atoms with Crippen molar-refractivity contribution in [3.63, 3.8) is 0 Å². The van der Waals surface area contributed by atoms with Crippen molar-refractivity contribution >= 4 is 0 Å². The Labute approximate surface area is 117 Å². The van der Waals surface area contributed by atoms with Crippen LogP contribution in [0.5, 0.6) is 0 Å². The Morgan fingerprint density at radius 3 is 1.53 bits per heavy atom. The molecule has 0 heterocycles. The summed E-state index contributed by atoms with van der Waals surface area (Å²) in [6, 6.07) is 0. The van der Waals surface area contributed by atoms with E-state index in [0.29, 0.717) is 0 Å². The summed E-state index contributed by atoms with van der Waals surface area (Å²) < 4.78 is 0. The van der Waals surface area contributed by atoms with E-state index < -0.39 is 5.60 Å². The molecule has 0 saturated carbocycles. The van der Waals surface area contributed by atoms with Crippen LogP contribution in [0.25, 0.3) is 0 Å². The van der Waals surface area contributed by atoms with E-state index in [1.54, 1.807) is 0 Å². The molecule has 0 aromatic carbocycles. The van der Waals surface area contributed by atoms with Crippen molar-refractivity contribution < 1.29 is 5.11 Å². The molecule has 0 saturated heterocycles. The van der Waals surface area contributed by atoms with E-state index in [9.17, 15) is 5.11 Å². The van der Waals surface area contributed by atoms with Crippen LogP contribution >= 0.6 is 0 Å². The smallest absolute Gasteiger partial charge is 0.0863 e. The van der Waals surface area contributed by atoms with Crippen molar-refractivity contribution in [2.24, 2.45) is 0 Å². The SMILES string of the molecule is C1=CCC=C1.C1=CCC=C1.CC1=CC=CCC1(C)O. The second kappa shape index (κ2) is 8.49. The number of rotatable bonds is 0. The highest BCUT2D eigenvalue weighted by molar-refractivity contribution is 5.25. The number of aliphatic hydroxyl groups is 1. The molecule has 0 fully saturated rings. The van der Waals surface area contributed by atoms with Gasteiger partial charge in [0.15, 0.2) is 0 Å². The Hall–Kier alpha value is -1.60. The number of hydrogen-bond acceptors (Lipinski definition) is 1. The molecule has 0 spiro atoms. The fraction of sp³-hybridized carbons (Fsp3) is 0.333. The van der Waals surface area contributed by atoms with Gasteiger partial charge in [0, 0.05) is 0 Å². The van der Waals surface area contributed by atoms with Gasteiger partial charge in [-0.3, -0.25) is 0 Å². The molecule has 0 amide bonds. The van der Waals surface area contributed by atoms with Gasteiger partial charge in [-0.05, 0) is 38.7 Å².